The van der Waals surface area contributed by atoms with Crippen molar-refractivity contribution in [3.05, 3.63) is 22.4 Å². The molecule has 3 N–H and O–H groups in total. The van der Waals surface area contributed by atoms with Crippen LogP contribution in [0.5, 0.6) is 0 Å². The molecule has 3 nitrogen and oxygen atoms in total. The van der Waals surface area contributed by atoms with E-state index in [1.165, 1.54) is 4.88 Å². The Bertz CT molecular complexity index is 314. The molecule has 0 aliphatic carbocycles. The van der Waals surface area contributed by atoms with Gasteiger partial charge < -0.3 is 11.1 Å². The fourth-order valence-electron chi connectivity index (χ4n) is 1.45. The van der Waals surface area contributed by atoms with Gasteiger partial charge in [-0.05, 0) is 16.9 Å². The van der Waals surface area contributed by atoms with Gasteiger partial charge in [0, 0.05) is 11.4 Å². The monoisotopic (exact) mass is 226 g/mol. The Balaban J connectivity index is 2.57. The number of amides is 1. The Labute approximate surface area is 94.7 Å². The molecule has 1 atom stereocenters. The van der Waals surface area contributed by atoms with E-state index in [4.69, 9.17) is 5.73 Å². The quantitative estimate of drug-likeness (QED) is 0.821. The molecular weight excluding hydrogens is 208 g/mol. The van der Waals surface area contributed by atoms with Crippen molar-refractivity contribution in [2.24, 2.45) is 11.1 Å². The van der Waals surface area contributed by atoms with Gasteiger partial charge >= 0.3 is 0 Å². The van der Waals surface area contributed by atoms with E-state index in [0.717, 1.165) is 0 Å². The predicted molar refractivity (Wildman–Crippen MR) is 63.6 cm³/mol. The van der Waals surface area contributed by atoms with Crippen LogP contribution < -0.4 is 11.1 Å². The summed E-state index contributed by atoms with van der Waals surface area (Å²) in [7, 11) is 0. The molecule has 1 rings (SSSR count). The summed E-state index contributed by atoms with van der Waals surface area (Å²) in [5, 5.41) is 5.22. The average molecular weight is 226 g/mol. The Hall–Kier alpha value is -0.870. The van der Waals surface area contributed by atoms with Crippen LogP contribution >= 0.6 is 11.3 Å². The molecule has 0 saturated heterocycles. The van der Waals surface area contributed by atoms with Crippen LogP contribution in [0.2, 0.25) is 0 Å². The van der Waals surface area contributed by atoms with E-state index in [1.807, 2.05) is 38.3 Å². The minimum absolute atomic E-state index is 0.150. The highest BCUT2D eigenvalue weighted by atomic mass is 32.1. The second-order valence-corrected chi connectivity index (χ2v) is 5.69. The molecule has 1 unspecified atom stereocenters. The van der Waals surface area contributed by atoms with E-state index >= 15 is 0 Å². The zero-order chi connectivity index (χ0) is 11.5. The Morgan fingerprint density at radius 1 is 1.60 bits per heavy atom. The number of rotatable bonds is 4. The van der Waals surface area contributed by atoms with Crippen molar-refractivity contribution in [1.82, 2.24) is 5.32 Å². The standard InChI is InChI=1S/C11H18N2OS/c1-11(2,3)9(10(12)14)13-7-8-5-4-6-15-8/h4-6,9,13H,7H2,1-3H3,(H2,12,14). The van der Waals surface area contributed by atoms with Gasteiger partial charge in [0.05, 0.1) is 6.04 Å². The average Bonchev–Trinajstić information content (AvgIpc) is 2.53. The zero-order valence-corrected chi connectivity index (χ0v) is 10.2. The predicted octanol–water partition coefficient (Wildman–Crippen LogP) is 1.74. The second-order valence-electron chi connectivity index (χ2n) is 4.66. The Morgan fingerprint density at radius 3 is 2.67 bits per heavy atom. The lowest BCUT2D eigenvalue weighted by Crippen LogP contribution is -2.49. The molecule has 4 heteroatoms. The maximum atomic E-state index is 11.3. The first-order chi connectivity index (χ1) is 6.91. The first kappa shape index (κ1) is 12.2. The van der Waals surface area contributed by atoms with Crippen LogP contribution in [0.3, 0.4) is 0 Å². The normalized spacial score (nSPS) is 13.8. The van der Waals surface area contributed by atoms with Crippen LogP contribution in [-0.4, -0.2) is 11.9 Å². The number of carbonyl (C=O) groups excluding carboxylic acids is 1. The van der Waals surface area contributed by atoms with Gasteiger partial charge in [0.2, 0.25) is 5.91 Å². The maximum absolute atomic E-state index is 11.3. The molecule has 1 heterocycles. The van der Waals surface area contributed by atoms with Crippen molar-refractivity contribution in [2.45, 2.75) is 33.4 Å². The SMILES string of the molecule is CC(C)(C)C(NCc1cccs1)C(N)=O. The van der Waals surface area contributed by atoms with Crippen LogP contribution in [0, 0.1) is 5.41 Å². The molecule has 0 fully saturated rings. The second kappa shape index (κ2) is 4.77. The summed E-state index contributed by atoms with van der Waals surface area (Å²) < 4.78 is 0. The Morgan fingerprint density at radius 2 is 2.27 bits per heavy atom. The summed E-state index contributed by atoms with van der Waals surface area (Å²) in [5.74, 6) is -0.293. The molecule has 0 saturated carbocycles. The van der Waals surface area contributed by atoms with Crippen molar-refractivity contribution in [1.29, 1.82) is 0 Å². The molecule has 0 radical (unpaired) electrons. The topological polar surface area (TPSA) is 55.1 Å². The molecule has 0 aromatic carbocycles. The number of carbonyl (C=O) groups is 1. The van der Waals surface area contributed by atoms with Gasteiger partial charge in [0.15, 0.2) is 0 Å². The molecule has 1 aromatic rings. The third kappa shape index (κ3) is 3.64. The fourth-order valence-corrected chi connectivity index (χ4v) is 2.11. The lowest BCUT2D eigenvalue weighted by molar-refractivity contribution is -0.122. The number of primary amides is 1. The van der Waals surface area contributed by atoms with Crippen molar-refractivity contribution in [3.8, 4) is 0 Å². The number of hydrogen-bond acceptors (Lipinski definition) is 3. The van der Waals surface area contributed by atoms with E-state index in [9.17, 15) is 4.79 Å². The summed E-state index contributed by atoms with van der Waals surface area (Å²) >= 11 is 1.67. The van der Waals surface area contributed by atoms with Crippen LogP contribution in [0.15, 0.2) is 17.5 Å². The van der Waals surface area contributed by atoms with Crippen LogP contribution in [0.4, 0.5) is 0 Å². The molecule has 1 aromatic heterocycles. The molecule has 1 amide bonds. The number of hydrogen-bond donors (Lipinski definition) is 2. The highest BCUT2D eigenvalue weighted by molar-refractivity contribution is 7.09. The third-order valence-electron chi connectivity index (χ3n) is 2.21. The van der Waals surface area contributed by atoms with Gasteiger partial charge in [-0.3, -0.25) is 4.79 Å². The molecule has 15 heavy (non-hydrogen) atoms. The maximum Gasteiger partial charge on any atom is 0.235 e. The van der Waals surface area contributed by atoms with Gasteiger partial charge in [-0.25, -0.2) is 0 Å². The molecular formula is C11H18N2OS. The number of nitrogens with two attached hydrogens (primary N) is 1. The van der Waals surface area contributed by atoms with Crippen LogP contribution in [0.1, 0.15) is 25.6 Å². The van der Waals surface area contributed by atoms with Gasteiger partial charge in [-0.1, -0.05) is 26.8 Å². The van der Waals surface area contributed by atoms with Crippen molar-refractivity contribution < 1.29 is 4.79 Å². The van der Waals surface area contributed by atoms with E-state index in [1.54, 1.807) is 11.3 Å². The summed E-state index contributed by atoms with van der Waals surface area (Å²) in [6.07, 6.45) is 0. The summed E-state index contributed by atoms with van der Waals surface area (Å²) in [6.45, 7) is 6.71. The molecule has 0 bridgehead atoms. The largest absolute Gasteiger partial charge is 0.368 e. The smallest absolute Gasteiger partial charge is 0.235 e. The van der Waals surface area contributed by atoms with Crippen molar-refractivity contribution >= 4 is 17.2 Å². The first-order valence-corrected chi connectivity index (χ1v) is 5.84. The summed E-state index contributed by atoms with van der Waals surface area (Å²) in [6, 6.07) is 3.75. The summed E-state index contributed by atoms with van der Waals surface area (Å²) in [4.78, 5) is 12.5. The summed E-state index contributed by atoms with van der Waals surface area (Å²) in [5.41, 5.74) is 5.21. The van der Waals surface area contributed by atoms with Gasteiger partial charge in [-0.2, -0.15) is 0 Å². The molecule has 0 aliphatic rings. The number of nitrogens with one attached hydrogen (secondary N) is 1. The minimum atomic E-state index is -0.293. The van der Waals surface area contributed by atoms with E-state index in [-0.39, 0.29) is 17.4 Å². The molecule has 0 aliphatic heterocycles. The highest BCUT2D eigenvalue weighted by Crippen LogP contribution is 2.19. The van der Waals surface area contributed by atoms with Gasteiger partial charge in [0.25, 0.3) is 0 Å². The van der Waals surface area contributed by atoms with Crippen molar-refractivity contribution in [2.75, 3.05) is 0 Å². The number of thiophene rings is 1. The first-order valence-electron chi connectivity index (χ1n) is 4.96. The van der Waals surface area contributed by atoms with E-state index < -0.39 is 0 Å². The van der Waals surface area contributed by atoms with E-state index in [0.29, 0.717) is 6.54 Å². The van der Waals surface area contributed by atoms with Crippen molar-refractivity contribution in [3.63, 3.8) is 0 Å². The highest BCUT2D eigenvalue weighted by Gasteiger charge is 2.28. The lowest BCUT2D eigenvalue weighted by Gasteiger charge is -2.28. The van der Waals surface area contributed by atoms with Gasteiger partial charge in [0.1, 0.15) is 0 Å². The fraction of sp³-hybridized carbons (Fsp3) is 0.545. The van der Waals surface area contributed by atoms with Crippen LogP contribution in [-0.2, 0) is 11.3 Å². The minimum Gasteiger partial charge on any atom is -0.368 e. The molecule has 84 valence electrons. The van der Waals surface area contributed by atoms with Crippen LogP contribution in [0.25, 0.3) is 0 Å². The zero-order valence-electron chi connectivity index (χ0n) is 9.41. The third-order valence-corrected chi connectivity index (χ3v) is 3.09. The van der Waals surface area contributed by atoms with Gasteiger partial charge in [-0.15, -0.1) is 11.3 Å². The van der Waals surface area contributed by atoms with E-state index in [2.05, 4.69) is 5.32 Å². The Kier molecular flexibility index (Phi) is 3.88. The lowest BCUT2D eigenvalue weighted by atomic mass is 9.86. The molecule has 0 spiro atoms.